The minimum absolute atomic E-state index is 0.290. The number of benzene rings is 1. The van der Waals surface area contributed by atoms with Crippen molar-refractivity contribution in [2.75, 3.05) is 18.0 Å². The normalized spacial score (nSPS) is 19.1. The fourth-order valence-corrected chi connectivity index (χ4v) is 1.99. The Morgan fingerprint density at radius 1 is 1.36 bits per heavy atom. The Kier molecular flexibility index (Phi) is 2.99. The molecule has 1 unspecified atom stereocenters. The summed E-state index contributed by atoms with van der Waals surface area (Å²) >= 11 is 4.31. The van der Waals surface area contributed by atoms with E-state index < -0.39 is 0 Å². The average molecular weight is 208 g/mol. The van der Waals surface area contributed by atoms with Crippen LogP contribution in [0.4, 0.5) is 5.69 Å². The molecule has 1 N–H and O–H groups in total. The van der Waals surface area contributed by atoms with Gasteiger partial charge in [-0.15, -0.1) is 0 Å². The van der Waals surface area contributed by atoms with Gasteiger partial charge in [0.05, 0.1) is 0 Å². The highest BCUT2D eigenvalue weighted by atomic mass is 32.1. The van der Waals surface area contributed by atoms with E-state index >= 15 is 0 Å². The van der Waals surface area contributed by atoms with Crippen molar-refractivity contribution in [3.63, 3.8) is 0 Å². The van der Waals surface area contributed by atoms with Crippen molar-refractivity contribution in [2.24, 2.45) is 0 Å². The maximum Gasteiger partial charge on any atom is 0.0477 e. The van der Waals surface area contributed by atoms with Gasteiger partial charge in [0, 0.05) is 30.2 Å². The molecule has 1 aliphatic heterocycles. The predicted octanol–water partition coefficient (Wildman–Crippen LogP) is 1.74. The summed E-state index contributed by atoms with van der Waals surface area (Å²) in [6.07, 6.45) is 0. The van der Waals surface area contributed by atoms with Gasteiger partial charge in [-0.2, -0.15) is 12.6 Å². The first-order valence-corrected chi connectivity index (χ1v) is 5.51. The maximum atomic E-state index is 4.31. The van der Waals surface area contributed by atoms with Crippen LogP contribution >= 0.6 is 12.6 Å². The second-order valence-corrected chi connectivity index (χ2v) is 4.55. The molecule has 1 aromatic rings. The van der Waals surface area contributed by atoms with Crippen molar-refractivity contribution < 1.29 is 0 Å². The van der Waals surface area contributed by atoms with Gasteiger partial charge in [0.15, 0.2) is 0 Å². The van der Waals surface area contributed by atoms with E-state index in [9.17, 15) is 0 Å². The van der Waals surface area contributed by atoms with Crippen LogP contribution in [0.2, 0.25) is 0 Å². The minimum atomic E-state index is 0.290. The lowest BCUT2D eigenvalue weighted by atomic mass is 10.1. The van der Waals surface area contributed by atoms with Crippen LogP contribution in [0.15, 0.2) is 30.3 Å². The molecule has 0 spiro atoms. The molecule has 3 heteroatoms. The van der Waals surface area contributed by atoms with Crippen molar-refractivity contribution in [1.82, 2.24) is 5.32 Å². The third-order valence-electron chi connectivity index (χ3n) is 2.48. The molecule has 76 valence electrons. The lowest BCUT2D eigenvalue weighted by molar-refractivity contribution is 0.419. The van der Waals surface area contributed by atoms with Gasteiger partial charge in [-0.05, 0) is 19.1 Å². The van der Waals surface area contributed by atoms with Crippen molar-refractivity contribution in [1.29, 1.82) is 0 Å². The molecule has 0 amide bonds. The van der Waals surface area contributed by atoms with E-state index in [1.54, 1.807) is 0 Å². The van der Waals surface area contributed by atoms with Crippen molar-refractivity contribution >= 4 is 18.3 Å². The van der Waals surface area contributed by atoms with E-state index in [1.165, 1.54) is 5.69 Å². The summed E-state index contributed by atoms with van der Waals surface area (Å²) in [5.74, 6) is 0. The van der Waals surface area contributed by atoms with Crippen LogP contribution < -0.4 is 10.2 Å². The molecule has 0 bridgehead atoms. The fourth-order valence-electron chi connectivity index (χ4n) is 1.77. The number of nitrogens with zero attached hydrogens (tertiary/aromatic N) is 1. The molecule has 0 aromatic heterocycles. The molecule has 1 atom stereocenters. The SMILES string of the molecule is CC(S)NC1CN(c2ccccc2)C1. The van der Waals surface area contributed by atoms with E-state index in [4.69, 9.17) is 0 Å². The molecule has 2 rings (SSSR count). The molecule has 1 saturated heterocycles. The molecule has 0 aliphatic carbocycles. The van der Waals surface area contributed by atoms with Gasteiger partial charge in [0.25, 0.3) is 0 Å². The van der Waals surface area contributed by atoms with Crippen LogP contribution in [0.25, 0.3) is 0 Å². The Morgan fingerprint density at radius 2 is 2.00 bits per heavy atom. The van der Waals surface area contributed by atoms with E-state index in [0.29, 0.717) is 6.04 Å². The highest BCUT2D eigenvalue weighted by molar-refractivity contribution is 7.80. The smallest absolute Gasteiger partial charge is 0.0477 e. The molecule has 1 heterocycles. The predicted molar refractivity (Wildman–Crippen MR) is 64.0 cm³/mol. The number of para-hydroxylation sites is 1. The van der Waals surface area contributed by atoms with Gasteiger partial charge < -0.3 is 4.90 Å². The monoisotopic (exact) mass is 208 g/mol. The standard InChI is InChI=1S/C11H16N2S/c1-9(14)12-10-7-13(8-10)11-5-3-2-4-6-11/h2-6,9-10,12,14H,7-8H2,1H3. The highest BCUT2D eigenvalue weighted by Gasteiger charge is 2.26. The molecule has 1 aromatic carbocycles. The molecule has 0 saturated carbocycles. The zero-order valence-electron chi connectivity index (χ0n) is 8.35. The molecule has 0 radical (unpaired) electrons. The lowest BCUT2D eigenvalue weighted by Gasteiger charge is -2.42. The first-order valence-electron chi connectivity index (χ1n) is 5.00. The second kappa shape index (κ2) is 4.24. The number of hydrogen-bond acceptors (Lipinski definition) is 3. The fraction of sp³-hybridized carbons (Fsp3) is 0.455. The summed E-state index contributed by atoms with van der Waals surface area (Å²) in [5.41, 5.74) is 1.32. The molecule has 1 aliphatic rings. The Morgan fingerprint density at radius 3 is 2.57 bits per heavy atom. The Labute approximate surface area is 90.7 Å². The maximum absolute atomic E-state index is 4.31. The number of rotatable bonds is 3. The largest absolute Gasteiger partial charge is 0.368 e. The van der Waals surface area contributed by atoms with Gasteiger partial charge in [-0.3, -0.25) is 5.32 Å². The van der Waals surface area contributed by atoms with Crippen LogP contribution in [-0.2, 0) is 0 Å². The lowest BCUT2D eigenvalue weighted by Crippen LogP contribution is -2.59. The van der Waals surface area contributed by atoms with E-state index in [-0.39, 0.29) is 5.37 Å². The first kappa shape index (κ1) is 9.87. The third-order valence-corrected chi connectivity index (χ3v) is 2.63. The zero-order valence-corrected chi connectivity index (χ0v) is 9.24. The van der Waals surface area contributed by atoms with Gasteiger partial charge in [-0.1, -0.05) is 18.2 Å². The van der Waals surface area contributed by atoms with Crippen LogP contribution in [0.1, 0.15) is 6.92 Å². The topological polar surface area (TPSA) is 15.3 Å². The van der Waals surface area contributed by atoms with Crippen molar-refractivity contribution in [3.8, 4) is 0 Å². The Balaban J connectivity index is 1.83. The van der Waals surface area contributed by atoms with Crippen LogP contribution in [0, 0.1) is 0 Å². The van der Waals surface area contributed by atoms with E-state index in [0.717, 1.165) is 13.1 Å². The number of anilines is 1. The summed E-state index contributed by atoms with van der Waals surface area (Å²) in [5, 5.41) is 3.69. The van der Waals surface area contributed by atoms with Crippen LogP contribution in [-0.4, -0.2) is 24.5 Å². The molecule has 2 nitrogen and oxygen atoms in total. The van der Waals surface area contributed by atoms with Crippen molar-refractivity contribution in [2.45, 2.75) is 18.3 Å². The number of hydrogen-bond donors (Lipinski definition) is 2. The van der Waals surface area contributed by atoms with Gasteiger partial charge in [0.2, 0.25) is 0 Å². The summed E-state index contributed by atoms with van der Waals surface area (Å²) < 4.78 is 0. The molecule has 14 heavy (non-hydrogen) atoms. The molecular weight excluding hydrogens is 192 g/mol. The summed E-state index contributed by atoms with van der Waals surface area (Å²) in [4.78, 5) is 2.37. The zero-order chi connectivity index (χ0) is 9.97. The average Bonchev–Trinajstić information content (AvgIpc) is 2.12. The van der Waals surface area contributed by atoms with Gasteiger partial charge >= 0.3 is 0 Å². The summed E-state index contributed by atoms with van der Waals surface area (Å²) in [7, 11) is 0. The van der Waals surface area contributed by atoms with Gasteiger partial charge in [0.1, 0.15) is 0 Å². The quantitative estimate of drug-likeness (QED) is 0.581. The third kappa shape index (κ3) is 2.22. The molecular formula is C11H16N2S. The number of thiol groups is 1. The second-order valence-electron chi connectivity index (χ2n) is 3.78. The number of nitrogens with one attached hydrogen (secondary N) is 1. The summed E-state index contributed by atoms with van der Waals surface area (Å²) in [6, 6.07) is 11.1. The van der Waals surface area contributed by atoms with Crippen molar-refractivity contribution in [3.05, 3.63) is 30.3 Å². The summed E-state index contributed by atoms with van der Waals surface area (Å²) in [6.45, 7) is 4.25. The Hall–Kier alpha value is -0.670. The molecule has 1 fully saturated rings. The first-order chi connectivity index (χ1) is 6.75. The van der Waals surface area contributed by atoms with Crippen LogP contribution in [0.3, 0.4) is 0 Å². The minimum Gasteiger partial charge on any atom is -0.368 e. The van der Waals surface area contributed by atoms with Crippen LogP contribution in [0.5, 0.6) is 0 Å². The Bertz CT molecular complexity index is 281. The van der Waals surface area contributed by atoms with Gasteiger partial charge in [-0.25, -0.2) is 0 Å². The van der Waals surface area contributed by atoms with E-state index in [1.807, 2.05) is 0 Å². The van der Waals surface area contributed by atoms with E-state index in [2.05, 4.69) is 60.1 Å². The highest BCUT2D eigenvalue weighted by Crippen LogP contribution is 2.20.